The van der Waals surface area contributed by atoms with E-state index in [1.807, 2.05) is 39.0 Å². The van der Waals surface area contributed by atoms with Gasteiger partial charge in [-0.15, -0.1) is 0 Å². The molecule has 0 fully saturated rings. The number of rotatable bonds is 2. The Bertz CT molecular complexity index is 692. The topological polar surface area (TPSA) is 54.5 Å². The standard InChI is InChI=1S/C18H19NO3/c1-18(2,3)17(22)13-6-4-5-12-11(13)7-8-14(12)19-15(20)9-10-16(19)21/h4-6,9-10,14H,7-8H2,1-3H3/t14-/m0/s1. The van der Waals surface area contributed by atoms with Crippen LogP contribution in [-0.4, -0.2) is 22.5 Å². The van der Waals surface area contributed by atoms with Crippen molar-refractivity contribution in [2.24, 2.45) is 5.41 Å². The van der Waals surface area contributed by atoms with Gasteiger partial charge in [-0.1, -0.05) is 39.0 Å². The van der Waals surface area contributed by atoms with Gasteiger partial charge in [0, 0.05) is 23.1 Å². The van der Waals surface area contributed by atoms with E-state index in [1.54, 1.807) is 0 Å². The number of hydrogen-bond donors (Lipinski definition) is 0. The summed E-state index contributed by atoms with van der Waals surface area (Å²) in [6, 6.07) is 5.36. The Labute approximate surface area is 129 Å². The number of amides is 2. The summed E-state index contributed by atoms with van der Waals surface area (Å²) in [7, 11) is 0. The predicted molar refractivity (Wildman–Crippen MR) is 82.3 cm³/mol. The predicted octanol–water partition coefficient (Wildman–Crippen LogP) is 2.83. The molecule has 2 aliphatic rings. The van der Waals surface area contributed by atoms with Crippen LogP contribution >= 0.6 is 0 Å². The van der Waals surface area contributed by atoms with E-state index in [1.165, 1.54) is 17.1 Å². The summed E-state index contributed by atoms with van der Waals surface area (Å²) >= 11 is 0. The zero-order valence-electron chi connectivity index (χ0n) is 13.1. The summed E-state index contributed by atoms with van der Waals surface area (Å²) in [5.41, 5.74) is 2.19. The number of carbonyl (C=O) groups is 3. The van der Waals surface area contributed by atoms with Crippen LogP contribution in [0.15, 0.2) is 30.4 Å². The van der Waals surface area contributed by atoms with Crippen molar-refractivity contribution in [3.05, 3.63) is 47.0 Å². The summed E-state index contributed by atoms with van der Waals surface area (Å²) in [4.78, 5) is 37.7. The van der Waals surface area contributed by atoms with Crippen LogP contribution in [0, 0.1) is 5.41 Å². The minimum atomic E-state index is -0.450. The molecule has 1 aromatic carbocycles. The van der Waals surface area contributed by atoms with Gasteiger partial charge >= 0.3 is 0 Å². The highest BCUT2D eigenvalue weighted by molar-refractivity contribution is 6.13. The van der Waals surface area contributed by atoms with Crippen LogP contribution in [0.2, 0.25) is 0 Å². The summed E-state index contributed by atoms with van der Waals surface area (Å²) in [6.45, 7) is 5.70. The molecular weight excluding hydrogens is 278 g/mol. The second-order valence-electron chi connectivity index (χ2n) is 6.89. The highest BCUT2D eigenvalue weighted by atomic mass is 16.2. The number of benzene rings is 1. The first-order chi connectivity index (χ1) is 10.3. The quantitative estimate of drug-likeness (QED) is 0.623. The number of carbonyl (C=O) groups excluding carboxylic acids is 3. The maximum atomic E-state index is 12.6. The van der Waals surface area contributed by atoms with E-state index >= 15 is 0 Å². The lowest BCUT2D eigenvalue weighted by atomic mass is 9.84. The van der Waals surface area contributed by atoms with Gasteiger partial charge in [-0.05, 0) is 24.0 Å². The van der Waals surface area contributed by atoms with E-state index in [-0.39, 0.29) is 23.6 Å². The van der Waals surface area contributed by atoms with Gasteiger partial charge in [-0.3, -0.25) is 19.3 Å². The number of fused-ring (bicyclic) bond motifs is 1. The normalized spacial score (nSPS) is 20.7. The molecular formula is C18H19NO3. The van der Waals surface area contributed by atoms with Gasteiger partial charge in [0.25, 0.3) is 11.8 Å². The molecule has 0 unspecified atom stereocenters. The fourth-order valence-corrected chi connectivity index (χ4v) is 3.24. The molecule has 22 heavy (non-hydrogen) atoms. The van der Waals surface area contributed by atoms with Crippen molar-refractivity contribution in [2.75, 3.05) is 0 Å². The summed E-state index contributed by atoms with van der Waals surface area (Å²) in [5, 5.41) is 0. The molecule has 2 amide bonds. The van der Waals surface area contributed by atoms with Gasteiger partial charge in [-0.2, -0.15) is 0 Å². The molecule has 0 saturated carbocycles. The van der Waals surface area contributed by atoms with Crippen molar-refractivity contribution in [2.45, 2.75) is 39.7 Å². The van der Waals surface area contributed by atoms with E-state index in [0.717, 1.165) is 23.1 Å². The van der Waals surface area contributed by atoms with Gasteiger partial charge in [-0.25, -0.2) is 0 Å². The molecule has 0 N–H and O–H groups in total. The van der Waals surface area contributed by atoms with E-state index in [2.05, 4.69) is 0 Å². The number of nitrogens with zero attached hydrogens (tertiary/aromatic N) is 1. The highest BCUT2D eigenvalue weighted by Crippen LogP contribution is 2.40. The third-order valence-electron chi connectivity index (χ3n) is 4.32. The molecule has 1 aromatic rings. The fourth-order valence-electron chi connectivity index (χ4n) is 3.24. The molecule has 4 nitrogen and oxygen atoms in total. The number of Topliss-reactive ketones (excluding diaryl/α,β-unsaturated/α-hetero) is 1. The van der Waals surface area contributed by atoms with E-state index in [0.29, 0.717) is 6.42 Å². The largest absolute Gasteiger partial charge is 0.294 e. The molecule has 1 heterocycles. The maximum Gasteiger partial charge on any atom is 0.254 e. The Morgan fingerprint density at radius 2 is 1.77 bits per heavy atom. The Hall–Kier alpha value is -2.23. The molecule has 1 aliphatic carbocycles. The monoisotopic (exact) mass is 297 g/mol. The molecule has 1 atom stereocenters. The third-order valence-corrected chi connectivity index (χ3v) is 4.32. The minimum absolute atomic E-state index is 0.0993. The van der Waals surface area contributed by atoms with Crippen molar-refractivity contribution in [3.8, 4) is 0 Å². The summed E-state index contributed by atoms with van der Waals surface area (Å²) in [5.74, 6) is -0.437. The van der Waals surface area contributed by atoms with Gasteiger partial charge in [0.1, 0.15) is 0 Å². The molecule has 0 radical (unpaired) electrons. The van der Waals surface area contributed by atoms with Crippen LogP contribution in [0.5, 0.6) is 0 Å². The van der Waals surface area contributed by atoms with Gasteiger partial charge in [0.05, 0.1) is 6.04 Å². The van der Waals surface area contributed by atoms with Crippen LogP contribution in [0.1, 0.15) is 54.7 Å². The average Bonchev–Trinajstić information content (AvgIpc) is 3.00. The zero-order chi connectivity index (χ0) is 16.1. The smallest absolute Gasteiger partial charge is 0.254 e. The lowest BCUT2D eigenvalue weighted by molar-refractivity contribution is -0.139. The Morgan fingerprint density at radius 1 is 1.14 bits per heavy atom. The molecule has 0 aromatic heterocycles. The minimum Gasteiger partial charge on any atom is -0.294 e. The Morgan fingerprint density at radius 3 is 2.36 bits per heavy atom. The highest BCUT2D eigenvalue weighted by Gasteiger charge is 2.38. The van der Waals surface area contributed by atoms with Crippen LogP contribution in [0.25, 0.3) is 0 Å². The van der Waals surface area contributed by atoms with Crippen molar-refractivity contribution >= 4 is 17.6 Å². The van der Waals surface area contributed by atoms with E-state index in [9.17, 15) is 14.4 Å². The lowest BCUT2D eigenvalue weighted by Crippen LogP contribution is -2.33. The second-order valence-corrected chi connectivity index (χ2v) is 6.89. The Balaban J connectivity index is 2.02. The molecule has 0 saturated heterocycles. The Kier molecular flexibility index (Phi) is 3.28. The van der Waals surface area contributed by atoms with Gasteiger partial charge in [0.15, 0.2) is 5.78 Å². The summed E-state index contributed by atoms with van der Waals surface area (Å²) in [6.07, 6.45) is 4.02. The van der Waals surface area contributed by atoms with E-state index in [4.69, 9.17) is 0 Å². The van der Waals surface area contributed by atoms with Crippen LogP contribution in [0.3, 0.4) is 0 Å². The molecule has 1 aliphatic heterocycles. The molecule has 0 bridgehead atoms. The average molecular weight is 297 g/mol. The zero-order valence-corrected chi connectivity index (χ0v) is 13.1. The van der Waals surface area contributed by atoms with Crippen molar-refractivity contribution in [1.82, 2.24) is 4.90 Å². The van der Waals surface area contributed by atoms with Gasteiger partial charge in [0.2, 0.25) is 0 Å². The first-order valence-corrected chi connectivity index (χ1v) is 7.52. The number of hydrogen-bond acceptors (Lipinski definition) is 3. The van der Waals surface area contributed by atoms with E-state index < -0.39 is 5.41 Å². The van der Waals surface area contributed by atoms with Crippen LogP contribution < -0.4 is 0 Å². The van der Waals surface area contributed by atoms with Crippen molar-refractivity contribution < 1.29 is 14.4 Å². The third kappa shape index (κ3) is 2.19. The maximum absolute atomic E-state index is 12.6. The number of ketones is 1. The van der Waals surface area contributed by atoms with Crippen molar-refractivity contribution in [1.29, 1.82) is 0 Å². The fraction of sp³-hybridized carbons (Fsp3) is 0.389. The first-order valence-electron chi connectivity index (χ1n) is 7.52. The second kappa shape index (κ2) is 4.90. The molecule has 0 spiro atoms. The first kappa shape index (κ1) is 14.7. The van der Waals surface area contributed by atoms with Crippen LogP contribution in [0.4, 0.5) is 0 Å². The molecule has 4 heteroatoms. The molecule has 114 valence electrons. The lowest BCUT2D eigenvalue weighted by Gasteiger charge is -2.23. The number of imide groups is 1. The summed E-state index contributed by atoms with van der Waals surface area (Å²) < 4.78 is 0. The van der Waals surface area contributed by atoms with Crippen molar-refractivity contribution in [3.63, 3.8) is 0 Å². The van der Waals surface area contributed by atoms with Crippen LogP contribution in [-0.2, 0) is 16.0 Å². The SMILES string of the molecule is CC(C)(C)C(=O)c1cccc2c1CC[C@@H]2N1C(=O)C=CC1=O. The molecule has 3 rings (SSSR count). The van der Waals surface area contributed by atoms with Gasteiger partial charge < -0.3 is 0 Å².